The number of aromatic nitrogens is 2. The van der Waals surface area contributed by atoms with Gasteiger partial charge in [0.25, 0.3) is 5.91 Å². The number of rotatable bonds is 6. The molecule has 5 nitrogen and oxygen atoms in total. The fraction of sp³-hybridized carbons (Fsp3) is 0.130. The number of halogens is 2. The van der Waals surface area contributed by atoms with Gasteiger partial charge in [-0.05, 0) is 60.5 Å². The number of imidazole rings is 1. The summed E-state index contributed by atoms with van der Waals surface area (Å²) in [6.07, 6.45) is 2.33. The first-order valence-electron chi connectivity index (χ1n) is 9.50. The molecule has 4 rings (SSSR count). The van der Waals surface area contributed by atoms with E-state index in [0.717, 1.165) is 11.3 Å². The summed E-state index contributed by atoms with van der Waals surface area (Å²) in [7, 11) is 0. The zero-order valence-electron chi connectivity index (χ0n) is 16.2. The van der Waals surface area contributed by atoms with Crippen LogP contribution < -0.4 is 10.1 Å². The van der Waals surface area contributed by atoms with Gasteiger partial charge in [0.15, 0.2) is 0 Å². The summed E-state index contributed by atoms with van der Waals surface area (Å²) in [4.78, 5) is 17.4. The smallest absolute Gasteiger partial charge is 0.270 e. The molecule has 2 heterocycles. The molecule has 4 aromatic rings. The van der Waals surface area contributed by atoms with Crippen molar-refractivity contribution in [2.24, 2.45) is 0 Å². The van der Waals surface area contributed by atoms with Gasteiger partial charge in [-0.25, -0.2) is 9.37 Å². The Labute approximate surface area is 178 Å². The molecule has 0 aliphatic rings. The van der Waals surface area contributed by atoms with Gasteiger partial charge in [0.1, 0.15) is 28.7 Å². The van der Waals surface area contributed by atoms with Crippen LogP contribution in [0.15, 0.2) is 66.9 Å². The highest BCUT2D eigenvalue weighted by molar-refractivity contribution is 6.30. The lowest BCUT2D eigenvalue weighted by molar-refractivity contribution is 0.0944. The van der Waals surface area contributed by atoms with Gasteiger partial charge >= 0.3 is 0 Å². The second-order valence-corrected chi connectivity index (χ2v) is 7.16. The average molecular weight is 424 g/mol. The van der Waals surface area contributed by atoms with Crippen LogP contribution in [0.5, 0.6) is 11.5 Å². The van der Waals surface area contributed by atoms with Gasteiger partial charge < -0.3 is 10.1 Å². The van der Waals surface area contributed by atoms with Gasteiger partial charge in [-0.1, -0.05) is 30.7 Å². The molecule has 0 aliphatic carbocycles. The molecule has 0 unspecified atom stereocenters. The predicted molar refractivity (Wildman–Crippen MR) is 114 cm³/mol. The van der Waals surface area contributed by atoms with Crippen LogP contribution in [0, 0.1) is 5.82 Å². The van der Waals surface area contributed by atoms with Crippen LogP contribution >= 0.6 is 11.6 Å². The molecule has 0 saturated heterocycles. The van der Waals surface area contributed by atoms with Crippen molar-refractivity contribution in [1.82, 2.24) is 14.7 Å². The molecule has 0 aliphatic heterocycles. The van der Waals surface area contributed by atoms with Crippen molar-refractivity contribution in [3.8, 4) is 11.5 Å². The van der Waals surface area contributed by atoms with Crippen LogP contribution in [0.2, 0.25) is 5.02 Å². The minimum Gasteiger partial charge on any atom is -0.457 e. The highest BCUT2D eigenvalue weighted by Crippen LogP contribution is 2.22. The minimum absolute atomic E-state index is 0.215. The quantitative estimate of drug-likeness (QED) is 0.451. The molecule has 0 saturated carbocycles. The van der Waals surface area contributed by atoms with E-state index < -0.39 is 0 Å². The van der Waals surface area contributed by atoms with E-state index in [-0.39, 0.29) is 11.7 Å². The van der Waals surface area contributed by atoms with Crippen LogP contribution in [-0.4, -0.2) is 15.3 Å². The Morgan fingerprint density at radius 3 is 2.40 bits per heavy atom. The molecule has 0 atom stereocenters. The molecule has 2 aromatic carbocycles. The van der Waals surface area contributed by atoms with Gasteiger partial charge in [0, 0.05) is 12.7 Å². The highest BCUT2D eigenvalue weighted by atomic mass is 35.5. The zero-order valence-corrected chi connectivity index (χ0v) is 17.0. The number of hydrogen-bond donors (Lipinski definition) is 1. The fourth-order valence-corrected chi connectivity index (χ4v) is 3.30. The summed E-state index contributed by atoms with van der Waals surface area (Å²) in [6.45, 7) is 2.31. The molecule has 1 amide bonds. The van der Waals surface area contributed by atoms with E-state index in [1.54, 1.807) is 47.0 Å². The van der Waals surface area contributed by atoms with Crippen LogP contribution in [-0.2, 0) is 13.0 Å². The van der Waals surface area contributed by atoms with Crippen LogP contribution in [0.4, 0.5) is 4.39 Å². The average Bonchev–Trinajstić information content (AvgIpc) is 3.12. The first kappa shape index (κ1) is 19.9. The summed E-state index contributed by atoms with van der Waals surface area (Å²) in [5, 5.41) is 3.47. The van der Waals surface area contributed by atoms with E-state index in [1.165, 1.54) is 12.1 Å². The van der Waals surface area contributed by atoms with Gasteiger partial charge in [0.05, 0.1) is 10.7 Å². The number of ether oxygens (including phenoxy) is 1. The summed E-state index contributed by atoms with van der Waals surface area (Å²) in [6, 6.07) is 16.7. The fourth-order valence-electron chi connectivity index (χ4n) is 3.13. The number of nitrogens with zero attached hydrogens (tertiary/aromatic N) is 2. The number of carbonyl (C=O) groups is 1. The number of amides is 1. The maximum absolute atomic E-state index is 13.0. The van der Waals surface area contributed by atoms with Gasteiger partial charge in [-0.3, -0.25) is 9.20 Å². The molecule has 0 fully saturated rings. The molecule has 1 N–H and O–H groups in total. The van der Waals surface area contributed by atoms with E-state index in [9.17, 15) is 9.18 Å². The highest BCUT2D eigenvalue weighted by Gasteiger charge is 2.18. The van der Waals surface area contributed by atoms with E-state index in [4.69, 9.17) is 16.3 Å². The topological polar surface area (TPSA) is 55.6 Å². The predicted octanol–water partition coefficient (Wildman–Crippen LogP) is 5.41. The minimum atomic E-state index is -0.312. The Morgan fingerprint density at radius 2 is 1.73 bits per heavy atom. The van der Waals surface area contributed by atoms with Crippen LogP contribution in [0.1, 0.15) is 28.7 Å². The standard InChI is InChI=1S/C23H19ClFN3O2/c1-2-20-22(28-14-16(24)5-12-21(28)27-20)23(29)26-13-15-3-8-18(9-4-15)30-19-10-6-17(25)7-11-19/h3-12,14H,2,13H2,1H3,(H,26,29). The number of carbonyl (C=O) groups excluding carboxylic acids is 1. The van der Waals surface area contributed by atoms with Gasteiger partial charge in [0.2, 0.25) is 0 Å². The van der Waals surface area contributed by atoms with Crippen molar-refractivity contribution in [3.05, 3.63) is 94.7 Å². The molecular formula is C23H19ClFN3O2. The first-order chi connectivity index (χ1) is 14.5. The molecule has 2 aromatic heterocycles. The SMILES string of the molecule is CCc1nc2ccc(Cl)cn2c1C(=O)NCc1ccc(Oc2ccc(F)cc2)cc1. The third kappa shape index (κ3) is 4.28. The molecule has 0 bridgehead atoms. The maximum atomic E-state index is 13.0. The molecule has 0 spiro atoms. The van der Waals surface area contributed by atoms with Crippen molar-refractivity contribution in [1.29, 1.82) is 0 Å². The number of hydrogen-bond acceptors (Lipinski definition) is 3. The Kier molecular flexibility index (Phi) is 5.68. The lowest BCUT2D eigenvalue weighted by Gasteiger charge is -2.09. The van der Waals surface area contributed by atoms with E-state index in [2.05, 4.69) is 10.3 Å². The summed E-state index contributed by atoms with van der Waals surface area (Å²) in [5.41, 5.74) is 2.81. The van der Waals surface area contributed by atoms with E-state index >= 15 is 0 Å². The van der Waals surface area contributed by atoms with Gasteiger partial charge in [-0.15, -0.1) is 0 Å². The van der Waals surface area contributed by atoms with Crippen LogP contribution in [0.3, 0.4) is 0 Å². The zero-order chi connectivity index (χ0) is 21.1. The summed E-state index contributed by atoms with van der Waals surface area (Å²) < 4.78 is 20.4. The van der Waals surface area contributed by atoms with Crippen LogP contribution in [0.25, 0.3) is 5.65 Å². The Morgan fingerprint density at radius 1 is 1.07 bits per heavy atom. The second kappa shape index (κ2) is 8.55. The monoisotopic (exact) mass is 423 g/mol. The van der Waals surface area contributed by atoms with Crippen molar-refractivity contribution < 1.29 is 13.9 Å². The Bertz CT molecular complexity index is 1190. The van der Waals surface area contributed by atoms with E-state index in [1.807, 2.05) is 19.1 Å². The largest absolute Gasteiger partial charge is 0.457 e. The molecule has 152 valence electrons. The van der Waals surface area contributed by atoms with E-state index in [0.29, 0.717) is 40.8 Å². The second-order valence-electron chi connectivity index (χ2n) is 6.72. The first-order valence-corrected chi connectivity index (χ1v) is 9.88. The van der Waals surface area contributed by atoms with Crippen molar-refractivity contribution >= 4 is 23.2 Å². The Hall–Kier alpha value is -3.38. The number of nitrogens with one attached hydrogen (secondary N) is 1. The summed E-state index contributed by atoms with van der Waals surface area (Å²) in [5.74, 6) is 0.651. The molecule has 7 heteroatoms. The maximum Gasteiger partial charge on any atom is 0.270 e. The van der Waals surface area contributed by atoms with Crippen molar-refractivity contribution in [3.63, 3.8) is 0 Å². The lowest BCUT2D eigenvalue weighted by Crippen LogP contribution is -2.25. The molecule has 30 heavy (non-hydrogen) atoms. The number of aryl methyl sites for hydroxylation is 1. The number of benzene rings is 2. The third-order valence-electron chi connectivity index (χ3n) is 4.63. The number of fused-ring (bicyclic) bond motifs is 1. The summed E-state index contributed by atoms with van der Waals surface area (Å²) >= 11 is 6.09. The normalized spacial score (nSPS) is 10.9. The molecule has 0 radical (unpaired) electrons. The number of pyridine rings is 1. The van der Waals surface area contributed by atoms with Crippen molar-refractivity contribution in [2.75, 3.05) is 0 Å². The molecular weight excluding hydrogens is 405 g/mol. The Balaban J connectivity index is 1.44. The third-order valence-corrected chi connectivity index (χ3v) is 4.85. The van der Waals surface area contributed by atoms with Crippen molar-refractivity contribution in [2.45, 2.75) is 19.9 Å². The van der Waals surface area contributed by atoms with Gasteiger partial charge in [-0.2, -0.15) is 0 Å². The lowest BCUT2D eigenvalue weighted by atomic mass is 10.2.